The summed E-state index contributed by atoms with van der Waals surface area (Å²) in [5.74, 6) is 0.539. The standard InChI is InChI=1S/C12H13NS/c1-9-5-3-4-6-11(9)14-12(8-13)7-10(12)2/h3-6,10H,7H2,1-2H3. The Bertz CT molecular complexity index is 394. The number of aryl methyl sites for hydroxylation is 1. The van der Waals surface area contributed by atoms with Gasteiger partial charge in [-0.1, -0.05) is 25.1 Å². The molecular formula is C12H13NS. The van der Waals surface area contributed by atoms with E-state index in [1.165, 1.54) is 10.5 Å². The molecule has 1 aromatic carbocycles. The van der Waals surface area contributed by atoms with Gasteiger partial charge in [0.2, 0.25) is 0 Å². The van der Waals surface area contributed by atoms with Crippen LogP contribution in [0, 0.1) is 24.2 Å². The Balaban J connectivity index is 2.20. The van der Waals surface area contributed by atoms with Crippen LogP contribution in [-0.4, -0.2) is 4.75 Å². The summed E-state index contributed by atoms with van der Waals surface area (Å²) >= 11 is 1.73. The predicted molar refractivity (Wildman–Crippen MR) is 59.2 cm³/mol. The van der Waals surface area contributed by atoms with Crippen LogP contribution >= 0.6 is 11.8 Å². The van der Waals surface area contributed by atoms with Crippen LogP contribution in [0.25, 0.3) is 0 Å². The maximum Gasteiger partial charge on any atom is 0.110 e. The molecule has 2 heteroatoms. The van der Waals surface area contributed by atoms with Crippen molar-refractivity contribution < 1.29 is 0 Å². The van der Waals surface area contributed by atoms with Crippen molar-refractivity contribution in [2.45, 2.75) is 29.9 Å². The average Bonchev–Trinajstić information content (AvgIpc) is 2.82. The molecule has 1 aromatic rings. The van der Waals surface area contributed by atoms with E-state index >= 15 is 0 Å². The van der Waals surface area contributed by atoms with E-state index in [1.54, 1.807) is 11.8 Å². The van der Waals surface area contributed by atoms with Crippen LogP contribution in [-0.2, 0) is 0 Å². The molecule has 0 aromatic heterocycles. The molecule has 72 valence electrons. The fraction of sp³-hybridized carbons (Fsp3) is 0.417. The Hall–Kier alpha value is -0.940. The monoisotopic (exact) mass is 203 g/mol. The quantitative estimate of drug-likeness (QED) is 0.735. The molecule has 2 rings (SSSR count). The van der Waals surface area contributed by atoms with E-state index in [4.69, 9.17) is 5.26 Å². The van der Waals surface area contributed by atoms with E-state index in [9.17, 15) is 0 Å². The summed E-state index contributed by atoms with van der Waals surface area (Å²) in [7, 11) is 0. The van der Waals surface area contributed by atoms with Crippen LogP contribution in [0.15, 0.2) is 29.2 Å². The van der Waals surface area contributed by atoms with E-state index in [1.807, 2.05) is 12.1 Å². The van der Waals surface area contributed by atoms with Crippen LogP contribution in [0.1, 0.15) is 18.9 Å². The second-order valence-corrected chi connectivity index (χ2v) is 5.35. The Labute approximate surface area is 89.1 Å². The molecule has 1 nitrogen and oxygen atoms in total. The van der Waals surface area contributed by atoms with E-state index in [0.29, 0.717) is 5.92 Å². The van der Waals surface area contributed by atoms with Crippen LogP contribution < -0.4 is 0 Å². The molecule has 1 aliphatic rings. The third kappa shape index (κ3) is 1.53. The first-order valence-corrected chi connectivity index (χ1v) is 5.65. The molecule has 0 amide bonds. The third-order valence-electron chi connectivity index (χ3n) is 2.82. The topological polar surface area (TPSA) is 23.8 Å². The minimum atomic E-state index is -0.133. The van der Waals surface area contributed by atoms with Crippen molar-refractivity contribution in [3.63, 3.8) is 0 Å². The van der Waals surface area contributed by atoms with Gasteiger partial charge in [-0.3, -0.25) is 0 Å². The molecular weight excluding hydrogens is 190 g/mol. The lowest BCUT2D eigenvalue weighted by Crippen LogP contribution is -2.01. The van der Waals surface area contributed by atoms with Gasteiger partial charge < -0.3 is 0 Å². The lowest BCUT2D eigenvalue weighted by molar-refractivity contribution is 0.935. The number of nitriles is 1. The Morgan fingerprint density at radius 1 is 1.50 bits per heavy atom. The van der Waals surface area contributed by atoms with Crippen LogP contribution in [0.3, 0.4) is 0 Å². The second kappa shape index (κ2) is 3.33. The van der Waals surface area contributed by atoms with E-state index in [2.05, 4.69) is 32.0 Å². The highest BCUT2D eigenvalue weighted by Gasteiger charge is 2.53. The Morgan fingerprint density at radius 3 is 2.64 bits per heavy atom. The van der Waals surface area contributed by atoms with Crippen molar-refractivity contribution in [2.75, 3.05) is 0 Å². The van der Waals surface area contributed by atoms with E-state index < -0.39 is 0 Å². The molecule has 0 N–H and O–H groups in total. The molecule has 0 saturated heterocycles. The summed E-state index contributed by atoms with van der Waals surface area (Å²) < 4.78 is -0.133. The molecule has 1 aliphatic carbocycles. The molecule has 14 heavy (non-hydrogen) atoms. The summed E-state index contributed by atoms with van der Waals surface area (Å²) in [6.07, 6.45) is 1.03. The van der Waals surface area contributed by atoms with Crippen molar-refractivity contribution in [1.82, 2.24) is 0 Å². The molecule has 0 bridgehead atoms. The number of hydrogen-bond acceptors (Lipinski definition) is 2. The Morgan fingerprint density at radius 2 is 2.14 bits per heavy atom. The lowest BCUT2D eigenvalue weighted by Gasteiger charge is -2.09. The van der Waals surface area contributed by atoms with Gasteiger partial charge in [0.05, 0.1) is 6.07 Å². The predicted octanol–water partition coefficient (Wildman–Crippen LogP) is 3.39. The van der Waals surface area contributed by atoms with Crippen LogP contribution in [0.5, 0.6) is 0 Å². The van der Waals surface area contributed by atoms with Crippen molar-refractivity contribution in [1.29, 1.82) is 5.26 Å². The lowest BCUT2D eigenvalue weighted by atomic mass is 10.2. The molecule has 2 unspecified atom stereocenters. The smallest absolute Gasteiger partial charge is 0.110 e. The number of hydrogen-bond donors (Lipinski definition) is 0. The number of thioether (sulfide) groups is 1. The van der Waals surface area contributed by atoms with Gasteiger partial charge in [0.1, 0.15) is 4.75 Å². The first kappa shape index (κ1) is 9.61. The largest absolute Gasteiger partial charge is 0.197 e. The first-order chi connectivity index (χ1) is 6.68. The molecule has 0 aliphatic heterocycles. The molecule has 0 radical (unpaired) electrons. The normalized spacial score (nSPS) is 29.6. The SMILES string of the molecule is Cc1ccccc1SC1(C#N)CC1C. The molecule has 2 atom stereocenters. The van der Waals surface area contributed by atoms with Crippen molar-refractivity contribution >= 4 is 11.8 Å². The summed E-state index contributed by atoms with van der Waals surface area (Å²) in [5.41, 5.74) is 1.27. The maximum atomic E-state index is 9.11. The summed E-state index contributed by atoms with van der Waals surface area (Å²) in [4.78, 5) is 1.25. The van der Waals surface area contributed by atoms with Gasteiger partial charge in [-0.05, 0) is 30.9 Å². The average molecular weight is 203 g/mol. The second-order valence-electron chi connectivity index (χ2n) is 3.97. The zero-order valence-corrected chi connectivity index (χ0v) is 9.27. The molecule has 0 heterocycles. The first-order valence-electron chi connectivity index (χ1n) is 4.84. The van der Waals surface area contributed by atoms with Crippen LogP contribution in [0.4, 0.5) is 0 Å². The van der Waals surface area contributed by atoms with Gasteiger partial charge in [-0.25, -0.2) is 0 Å². The molecule has 1 saturated carbocycles. The van der Waals surface area contributed by atoms with Gasteiger partial charge >= 0.3 is 0 Å². The third-order valence-corrected chi connectivity index (χ3v) is 4.52. The molecule has 1 fully saturated rings. The number of rotatable bonds is 2. The zero-order valence-electron chi connectivity index (χ0n) is 8.45. The maximum absolute atomic E-state index is 9.11. The fourth-order valence-corrected chi connectivity index (χ4v) is 2.93. The van der Waals surface area contributed by atoms with Gasteiger partial charge in [0, 0.05) is 4.90 Å². The van der Waals surface area contributed by atoms with Gasteiger partial charge in [0.25, 0.3) is 0 Å². The van der Waals surface area contributed by atoms with E-state index in [0.717, 1.165) is 6.42 Å². The summed E-state index contributed by atoms with van der Waals surface area (Å²) in [6.45, 7) is 4.24. The minimum Gasteiger partial charge on any atom is -0.197 e. The number of benzene rings is 1. The van der Waals surface area contributed by atoms with Crippen LogP contribution in [0.2, 0.25) is 0 Å². The highest BCUT2D eigenvalue weighted by atomic mass is 32.2. The van der Waals surface area contributed by atoms with Crippen molar-refractivity contribution in [3.8, 4) is 6.07 Å². The molecule has 0 spiro atoms. The van der Waals surface area contributed by atoms with Gasteiger partial charge in [0.15, 0.2) is 0 Å². The van der Waals surface area contributed by atoms with Crippen molar-refractivity contribution in [3.05, 3.63) is 29.8 Å². The highest BCUT2D eigenvalue weighted by molar-refractivity contribution is 8.01. The fourth-order valence-electron chi connectivity index (χ4n) is 1.58. The zero-order chi connectivity index (χ0) is 10.2. The summed E-state index contributed by atoms with van der Waals surface area (Å²) in [6, 6.07) is 10.7. The van der Waals surface area contributed by atoms with Crippen molar-refractivity contribution in [2.24, 2.45) is 5.92 Å². The summed E-state index contributed by atoms with van der Waals surface area (Å²) in [5, 5.41) is 9.11. The van der Waals surface area contributed by atoms with Gasteiger partial charge in [-0.2, -0.15) is 5.26 Å². The minimum absolute atomic E-state index is 0.133. The van der Waals surface area contributed by atoms with E-state index in [-0.39, 0.29) is 4.75 Å². The highest BCUT2D eigenvalue weighted by Crippen LogP contribution is 2.56. The van der Waals surface area contributed by atoms with Gasteiger partial charge in [-0.15, -0.1) is 11.8 Å². The number of nitrogens with zero attached hydrogens (tertiary/aromatic N) is 1. The Kier molecular flexibility index (Phi) is 2.28.